The molecule has 1 N–H and O–H groups in total. The van der Waals surface area contributed by atoms with Gasteiger partial charge in [-0.1, -0.05) is 24.3 Å². The molecule has 0 saturated carbocycles. The second kappa shape index (κ2) is 8.20. The monoisotopic (exact) mass is 441 g/mol. The summed E-state index contributed by atoms with van der Waals surface area (Å²) in [6.45, 7) is 0. The van der Waals surface area contributed by atoms with Gasteiger partial charge in [0.2, 0.25) is 5.78 Å². The summed E-state index contributed by atoms with van der Waals surface area (Å²) in [4.78, 5) is 28.8. The maximum Gasteiger partial charge on any atom is 0.351 e. The largest absolute Gasteiger partial charge is 0.496 e. The number of aromatic nitrogens is 1. The second-order valence-corrected chi connectivity index (χ2v) is 7.31. The van der Waals surface area contributed by atoms with E-state index in [2.05, 4.69) is 4.98 Å². The molecule has 1 aliphatic heterocycles. The van der Waals surface area contributed by atoms with Gasteiger partial charge in [-0.3, -0.25) is 4.79 Å². The third-order valence-corrected chi connectivity index (χ3v) is 5.39. The van der Waals surface area contributed by atoms with E-state index in [0.717, 1.165) is 16.5 Å². The van der Waals surface area contributed by atoms with Crippen LogP contribution in [0.5, 0.6) is 23.0 Å². The molecule has 0 amide bonds. The van der Waals surface area contributed by atoms with Gasteiger partial charge in [0.15, 0.2) is 5.76 Å². The normalized spacial score (nSPS) is 13.6. The molecule has 0 unspecified atom stereocenters. The molecule has 0 radical (unpaired) electrons. The van der Waals surface area contributed by atoms with Gasteiger partial charge in [-0.2, -0.15) is 0 Å². The number of hydrogen-bond donors (Lipinski definition) is 1. The lowest BCUT2D eigenvalue weighted by atomic mass is 10.1. The van der Waals surface area contributed by atoms with E-state index >= 15 is 0 Å². The van der Waals surface area contributed by atoms with E-state index in [9.17, 15) is 9.59 Å². The Labute approximate surface area is 189 Å². The van der Waals surface area contributed by atoms with Gasteiger partial charge in [-0.15, -0.1) is 0 Å². The minimum atomic E-state index is -0.650. The Kier molecular flexibility index (Phi) is 5.06. The first kappa shape index (κ1) is 20.4. The molecule has 4 aromatic rings. The molecule has 164 valence electrons. The number of esters is 1. The highest BCUT2D eigenvalue weighted by atomic mass is 16.5. The highest BCUT2D eigenvalue weighted by Crippen LogP contribution is 2.36. The van der Waals surface area contributed by atoms with Gasteiger partial charge in [0, 0.05) is 28.7 Å². The fraction of sp³-hybridized carbons (Fsp3) is 0.0769. The summed E-state index contributed by atoms with van der Waals surface area (Å²) in [7, 11) is 2.92. The topological polar surface area (TPSA) is 86.8 Å². The SMILES string of the molecule is COc1cccc(OC)c1C(=O)Oc1ccc2c(c1)OC(=Cc1c[nH]c3ccccc13)C2=O. The van der Waals surface area contributed by atoms with Gasteiger partial charge in [-0.05, 0) is 36.4 Å². The molecule has 0 bridgehead atoms. The summed E-state index contributed by atoms with van der Waals surface area (Å²) in [6.07, 6.45) is 3.53. The van der Waals surface area contributed by atoms with Gasteiger partial charge in [-0.25, -0.2) is 4.79 Å². The van der Waals surface area contributed by atoms with Gasteiger partial charge >= 0.3 is 5.97 Å². The minimum Gasteiger partial charge on any atom is -0.496 e. The zero-order chi connectivity index (χ0) is 22.9. The van der Waals surface area contributed by atoms with Crippen molar-refractivity contribution in [3.8, 4) is 23.0 Å². The number of Topliss-reactive ketones (excluding diaryl/α,β-unsaturated/α-hetero) is 1. The van der Waals surface area contributed by atoms with Crippen molar-refractivity contribution in [2.45, 2.75) is 0 Å². The van der Waals surface area contributed by atoms with Crippen LogP contribution in [0.2, 0.25) is 0 Å². The molecule has 0 aliphatic carbocycles. The van der Waals surface area contributed by atoms with E-state index in [1.54, 1.807) is 36.4 Å². The first-order chi connectivity index (χ1) is 16.1. The number of fused-ring (bicyclic) bond motifs is 2. The maximum atomic E-state index is 12.8. The highest BCUT2D eigenvalue weighted by molar-refractivity contribution is 6.15. The van der Waals surface area contributed by atoms with Crippen LogP contribution in [0.15, 0.2) is 72.6 Å². The van der Waals surface area contributed by atoms with Gasteiger partial charge in [0.1, 0.15) is 28.6 Å². The zero-order valence-electron chi connectivity index (χ0n) is 17.9. The van der Waals surface area contributed by atoms with Crippen molar-refractivity contribution in [3.05, 3.63) is 89.3 Å². The Balaban J connectivity index is 1.42. The Morgan fingerprint density at radius 1 is 0.970 bits per heavy atom. The van der Waals surface area contributed by atoms with Crippen molar-refractivity contribution in [3.63, 3.8) is 0 Å². The number of carbonyl (C=O) groups excluding carboxylic acids is 2. The van der Waals surface area contributed by atoms with Crippen LogP contribution in [0.3, 0.4) is 0 Å². The summed E-state index contributed by atoms with van der Waals surface area (Å²) >= 11 is 0. The molecule has 0 atom stereocenters. The predicted octanol–water partition coefficient (Wildman–Crippen LogP) is 5.02. The fourth-order valence-electron chi connectivity index (χ4n) is 3.80. The van der Waals surface area contributed by atoms with E-state index in [1.165, 1.54) is 20.3 Å². The molecule has 0 saturated heterocycles. The van der Waals surface area contributed by atoms with Crippen molar-refractivity contribution in [2.24, 2.45) is 0 Å². The standard InChI is InChI=1S/C26H19NO6/c1-30-20-8-5-9-21(31-2)24(20)26(29)32-16-10-11-18-22(13-16)33-23(25(18)28)12-15-14-27-19-7-4-3-6-17(15)19/h3-14,27H,1-2H3. The molecule has 5 rings (SSSR count). The summed E-state index contributed by atoms with van der Waals surface area (Å²) < 4.78 is 21.9. The number of nitrogens with one attached hydrogen (secondary N) is 1. The molecular formula is C26H19NO6. The van der Waals surface area contributed by atoms with E-state index in [4.69, 9.17) is 18.9 Å². The summed E-state index contributed by atoms with van der Waals surface area (Å²) in [5.74, 6) is 0.523. The Morgan fingerprint density at radius 3 is 2.48 bits per heavy atom. The predicted molar refractivity (Wildman–Crippen MR) is 122 cm³/mol. The smallest absolute Gasteiger partial charge is 0.351 e. The number of aromatic amines is 1. The molecule has 2 heterocycles. The Bertz CT molecular complexity index is 1410. The molecule has 1 aromatic heterocycles. The molecule has 33 heavy (non-hydrogen) atoms. The van der Waals surface area contributed by atoms with Crippen LogP contribution in [-0.4, -0.2) is 31.0 Å². The number of H-pyrrole nitrogens is 1. The number of ether oxygens (including phenoxy) is 4. The zero-order valence-corrected chi connectivity index (χ0v) is 17.9. The van der Waals surface area contributed by atoms with Crippen LogP contribution in [0, 0.1) is 0 Å². The number of ketones is 1. The third-order valence-electron chi connectivity index (χ3n) is 5.39. The lowest BCUT2D eigenvalue weighted by Gasteiger charge is -2.12. The highest BCUT2D eigenvalue weighted by Gasteiger charge is 2.29. The number of benzene rings is 3. The van der Waals surface area contributed by atoms with Gasteiger partial charge in [0.05, 0.1) is 19.8 Å². The lowest BCUT2D eigenvalue weighted by Crippen LogP contribution is -2.12. The van der Waals surface area contributed by atoms with Crippen molar-refractivity contribution in [1.82, 2.24) is 4.98 Å². The minimum absolute atomic E-state index is 0.167. The van der Waals surface area contributed by atoms with Gasteiger partial charge < -0.3 is 23.9 Å². The van der Waals surface area contributed by atoms with Crippen molar-refractivity contribution in [2.75, 3.05) is 14.2 Å². The third kappa shape index (κ3) is 3.59. The van der Waals surface area contributed by atoms with Crippen LogP contribution < -0.4 is 18.9 Å². The van der Waals surface area contributed by atoms with Gasteiger partial charge in [0.25, 0.3) is 0 Å². The first-order valence-corrected chi connectivity index (χ1v) is 10.2. The fourth-order valence-corrected chi connectivity index (χ4v) is 3.80. The van der Waals surface area contributed by atoms with Crippen molar-refractivity contribution >= 4 is 28.7 Å². The Morgan fingerprint density at radius 2 is 1.73 bits per heavy atom. The maximum absolute atomic E-state index is 12.8. The second-order valence-electron chi connectivity index (χ2n) is 7.31. The quantitative estimate of drug-likeness (QED) is 0.266. The average Bonchev–Trinajstić information content (AvgIpc) is 3.39. The first-order valence-electron chi connectivity index (χ1n) is 10.2. The number of methoxy groups -OCH3 is 2. The van der Waals surface area contributed by atoms with Crippen LogP contribution >= 0.6 is 0 Å². The van der Waals surface area contributed by atoms with Crippen molar-refractivity contribution in [1.29, 1.82) is 0 Å². The molecule has 7 heteroatoms. The number of hydrogen-bond acceptors (Lipinski definition) is 6. The van der Waals surface area contributed by atoms with E-state index in [1.807, 2.05) is 30.5 Å². The van der Waals surface area contributed by atoms with Crippen LogP contribution in [0.4, 0.5) is 0 Å². The molecule has 3 aromatic carbocycles. The molecular weight excluding hydrogens is 422 g/mol. The number of rotatable bonds is 5. The lowest BCUT2D eigenvalue weighted by molar-refractivity contribution is 0.0727. The summed E-state index contributed by atoms with van der Waals surface area (Å²) in [5, 5.41) is 0.984. The van der Waals surface area contributed by atoms with E-state index in [-0.39, 0.29) is 22.9 Å². The van der Waals surface area contributed by atoms with E-state index in [0.29, 0.717) is 22.8 Å². The van der Waals surface area contributed by atoms with Crippen LogP contribution in [-0.2, 0) is 0 Å². The molecule has 0 fully saturated rings. The van der Waals surface area contributed by atoms with Crippen LogP contribution in [0.25, 0.3) is 17.0 Å². The summed E-state index contributed by atoms with van der Waals surface area (Å²) in [6, 6.07) is 17.4. The molecule has 0 spiro atoms. The van der Waals surface area contributed by atoms with Crippen molar-refractivity contribution < 1.29 is 28.5 Å². The molecule has 1 aliphatic rings. The number of allylic oxidation sites excluding steroid dienone is 1. The average molecular weight is 441 g/mol. The van der Waals surface area contributed by atoms with E-state index < -0.39 is 5.97 Å². The number of para-hydroxylation sites is 1. The Hall–Kier alpha value is -4.52. The summed E-state index contributed by atoms with van der Waals surface area (Å²) in [5.41, 5.74) is 2.38. The molecule has 7 nitrogen and oxygen atoms in total. The number of carbonyl (C=O) groups is 2. The van der Waals surface area contributed by atoms with Crippen LogP contribution in [0.1, 0.15) is 26.3 Å².